The molecule has 0 unspecified atom stereocenters. The maximum atomic E-state index is 12.4. The Labute approximate surface area is 143 Å². The fourth-order valence-electron chi connectivity index (χ4n) is 2.56. The zero-order valence-corrected chi connectivity index (χ0v) is 14.5. The molecule has 8 heteroatoms. The normalized spacial score (nSPS) is 17.8. The number of urea groups is 1. The molecule has 2 N–H and O–H groups in total. The lowest BCUT2D eigenvalue weighted by Crippen LogP contribution is -2.46. The first-order chi connectivity index (χ1) is 11.2. The number of amides is 2. The molecule has 0 radical (unpaired) electrons. The van der Waals surface area contributed by atoms with E-state index in [-0.39, 0.29) is 12.1 Å². The van der Waals surface area contributed by atoms with Gasteiger partial charge in [-0.3, -0.25) is 5.32 Å². The average molecular weight is 349 g/mol. The lowest BCUT2D eigenvalue weighted by atomic mass is 10.1. The summed E-state index contributed by atoms with van der Waals surface area (Å²) in [6.45, 7) is 1.46. The molecule has 6 nitrogen and oxygen atoms in total. The quantitative estimate of drug-likeness (QED) is 0.828. The molecule has 0 saturated carbocycles. The SMILES string of the molecule is CSc1nsc(NC(=O)N2CCC[C@H](Nc3ccccc3)C2)n1. The van der Waals surface area contributed by atoms with E-state index in [1.165, 1.54) is 23.3 Å². The molecular weight excluding hydrogens is 330 g/mol. The van der Waals surface area contributed by atoms with E-state index in [0.29, 0.717) is 16.8 Å². The van der Waals surface area contributed by atoms with Crippen LogP contribution in [0.4, 0.5) is 15.6 Å². The second-order valence-corrected chi connectivity index (χ2v) is 6.84. The predicted molar refractivity (Wildman–Crippen MR) is 95.4 cm³/mol. The third kappa shape index (κ3) is 4.35. The molecule has 1 aromatic heterocycles. The van der Waals surface area contributed by atoms with Crippen LogP contribution >= 0.6 is 23.3 Å². The molecule has 0 bridgehead atoms. The van der Waals surface area contributed by atoms with E-state index in [2.05, 4.69) is 20.0 Å². The number of carbonyl (C=O) groups is 1. The zero-order valence-electron chi connectivity index (χ0n) is 12.9. The number of carbonyl (C=O) groups excluding carboxylic acids is 1. The maximum absolute atomic E-state index is 12.4. The van der Waals surface area contributed by atoms with Gasteiger partial charge >= 0.3 is 6.03 Å². The van der Waals surface area contributed by atoms with Gasteiger partial charge in [0.25, 0.3) is 0 Å². The van der Waals surface area contributed by atoms with Gasteiger partial charge in [-0.15, -0.1) is 0 Å². The summed E-state index contributed by atoms with van der Waals surface area (Å²) in [6.07, 6.45) is 3.97. The minimum absolute atomic E-state index is 0.103. The van der Waals surface area contributed by atoms with Gasteiger partial charge in [-0.2, -0.15) is 9.36 Å². The van der Waals surface area contributed by atoms with Crippen LogP contribution in [0.5, 0.6) is 0 Å². The number of likely N-dealkylation sites (tertiary alicyclic amines) is 1. The van der Waals surface area contributed by atoms with E-state index in [4.69, 9.17) is 0 Å². The first kappa shape index (κ1) is 16.1. The largest absolute Gasteiger partial charge is 0.381 e. The predicted octanol–water partition coefficient (Wildman–Crippen LogP) is 3.37. The Kier molecular flexibility index (Phi) is 5.35. The van der Waals surface area contributed by atoms with Crippen LogP contribution in [0.3, 0.4) is 0 Å². The summed E-state index contributed by atoms with van der Waals surface area (Å²) in [6, 6.07) is 10.3. The van der Waals surface area contributed by atoms with Crippen molar-refractivity contribution in [2.24, 2.45) is 0 Å². The van der Waals surface area contributed by atoms with Crippen molar-refractivity contribution in [2.75, 3.05) is 30.0 Å². The maximum Gasteiger partial charge on any atom is 0.323 e. The standard InChI is InChI=1S/C15H19N5OS2/c1-22-14-17-13(23-19-14)18-15(21)20-9-5-8-12(10-20)16-11-6-3-2-4-7-11/h2-4,6-7,12,16H,5,8-10H2,1H3,(H,17,18,19,21)/t12-/m0/s1. The molecule has 2 aromatic rings. The number of anilines is 2. The summed E-state index contributed by atoms with van der Waals surface area (Å²) in [5.74, 6) is 0. The van der Waals surface area contributed by atoms with Crippen molar-refractivity contribution in [2.45, 2.75) is 24.0 Å². The Bertz CT molecular complexity index is 648. The first-order valence-corrected chi connectivity index (χ1v) is 9.49. The van der Waals surface area contributed by atoms with Crippen LogP contribution in [0.15, 0.2) is 35.5 Å². The molecule has 1 fully saturated rings. The number of para-hydroxylation sites is 1. The van der Waals surface area contributed by atoms with Gasteiger partial charge in [0.2, 0.25) is 10.3 Å². The van der Waals surface area contributed by atoms with E-state index in [1.54, 1.807) is 0 Å². The Morgan fingerprint density at radius 1 is 1.39 bits per heavy atom. The number of piperidine rings is 1. The number of thioether (sulfide) groups is 1. The monoisotopic (exact) mass is 349 g/mol. The van der Waals surface area contributed by atoms with Crippen molar-refractivity contribution >= 4 is 40.1 Å². The highest BCUT2D eigenvalue weighted by molar-refractivity contribution is 7.98. The third-order valence-corrected chi connectivity index (χ3v) is 4.95. The molecule has 1 aromatic carbocycles. The third-order valence-electron chi connectivity index (χ3n) is 3.66. The number of benzene rings is 1. The Balaban J connectivity index is 1.56. The summed E-state index contributed by atoms with van der Waals surface area (Å²) in [5, 5.41) is 7.57. The second-order valence-electron chi connectivity index (χ2n) is 5.31. The highest BCUT2D eigenvalue weighted by Gasteiger charge is 2.24. The molecule has 2 amide bonds. The molecule has 122 valence electrons. The fourth-order valence-corrected chi connectivity index (χ4v) is 3.68. The lowest BCUT2D eigenvalue weighted by Gasteiger charge is -2.33. The van der Waals surface area contributed by atoms with Crippen molar-refractivity contribution in [3.63, 3.8) is 0 Å². The van der Waals surface area contributed by atoms with E-state index in [0.717, 1.165) is 25.1 Å². The van der Waals surface area contributed by atoms with E-state index in [1.807, 2.05) is 41.5 Å². The first-order valence-electron chi connectivity index (χ1n) is 7.50. The summed E-state index contributed by atoms with van der Waals surface area (Å²) < 4.78 is 4.15. The molecule has 3 rings (SSSR count). The topological polar surface area (TPSA) is 70.2 Å². The second kappa shape index (κ2) is 7.65. The lowest BCUT2D eigenvalue weighted by molar-refractivity contribution is 0.196. The summed E-state index contributed by atoms with van der Waals surface area (Å²) in [4.78, 5) is 18.5. The number of rotatable bonds is 4. The van der Waals surface area contributed by atoms with Gasteiger partial charge in [-0.25, -0.2) is 4.79 Å². The van der Waals surface area contributed by atoms with E-state index >= 15 is 0 Å². The summed E-state index contributed by atoms with van der Waals surface area (Å²) >= 11 is 2.68. The summed E-state index contributed by atoms with van der Waals surface area (Å²) in [5.41, 5.74) is 1.09. The minimum Gasteiger partial charge on any atom is -0.381 e. The van der Waals surface area contributed by atoms with Crippen LogP contribution in [-0.2, 0) is 0 Å². The van der Waals surface area contributed by atoms with Crippen LogP contribution in [0.2, 0.25) is 0 Å². The molecule has 1 atom stereocenters. The number of hydrogen-bond donors (Lipinski definition) is 2. The number of nitrogens with zero attached hydrogens (tertiary/aromatic N) is 3. The Morgan fingerprint density at radius 3 is 2.96 bits per heavy atom. The van der Waals surface area contributed by atoms with Crippen molar-refractivity contribution < 1.29 is 4.79 Å². The Morgan fingerprint density at radius 2 is 2.22 bits per heavy atom. The van der Waals surface area contributed by atoms with Crippen molar-refractivity contribution in [3.8, 4) is 0 Å². The molecular formula is C15H19N5OS2. The van der Waals surface area contributed by atoms with Crippen LogP contribution in [0.1, 0.15) is 12.8 Å². The highest BCUT2D eigenvalue weighted by Crippen LogP contribution is 2.20. The van der Waals surface area contributed by atoms with Crippen molar-refractivity contribution in [1.29, 1.82) is 0 Å². The van der Waals surface area contributed by atoms with Crippen LogP contribution in [0.25, 0.3) is 0 Å². The number of nitrogens with one attached hydrogen (secondary N) is 2. The zero-order chi connectivity index (χ0) is 16.1. The summed E-state index contributed by atoms with van der Waals surface area (Å²) in [7, 11) is 0. The van der Waals surface area contributed by atoms with Crippen LogP contribution in [0, 0.1) is 0 Å². The number of hydrogen-bond acceptors (Lipinski definition) is 6. The average Bonchev–Trinajstić information content (AvgIpc) is 3.03. The van der Waals surface area contributed by atoms with Gasteiger partial charge in [-0.1, -0.05) is 30.0 Å². The van der Waals surface area contributed by atoms with Crippen molar-refractivity contribution in [1.82, 2.24) is 14.3 Å². The minimum atomic E-state index is -0.103. The number of aromatic nitrogens is 2. The Hall–Kier alpha value is -1.80. The molecule has 2 heterocycles. The van der Waals surface area contributed by atoms with Gasteiger partial charge in [-0.05, 0) is 31.2 Å². The van der Waals surface area contributed by atoms with Crippen LogP contribution < -0.4 is 10.6 Å². The van der Waals surface area contributed by atoms with Gasteiger partial charge in [0, 0.05) is 36.4 Å². The molecule has 0 aliphatic carbocycles. The van der Waals surface area contributed by atoms with Gasteiger partial charge < -0.3 is 10.2 Å². The molecule has 1 saturated heterocycles. The molecule has 1 aliphatic rings. The van der Waals surface area contributed by atoms with Crippen LogP contribution in [-0.4, -0.2) is 45.7 Å². The molecule has 23 heavy (non-hydrogen) atoms. The smallest absolute Gasteiger partial charge is 0.323 e. The molecule has 1 aliphatic heterocycles. The van der Waals surface area contributed by atoms with E-state index < -0.39 is 0 Å². The van der Waals surface area contributed by atoms with Gasteiger partial charge in [0.15, 0.2) is 0 Å². The van der Waals surface area contributed by atoms with Gasteiger partial charge in [0.05, 0.1) is 0 Å². The van der Waals surface area contributed by atoms with E-state index in [9.17, 15) is 4.79 Å². The fraction of sp³-hybridized carbons (Fsp3) is 0.400. The van der Waals surface area contributed by atoms with Crippen molar-refractivity contribution in [3.05, 3.63) is 30.3 Å². The molecule has 0 spiro atoms. The highest BCUT2D eigenvalue weighted by atomic mass is 32.2. The van der Waals surface area contributed by atoms with Gasteiger partial charge in [0.1, 0.15) is 0 Å².